The van der Waals surface area contributed by atoms with E-state index in [1.54, 1.807) is 23.1 Å². The number of imide groups is 1. The number of likely N-dealkylation sites (tertiary alicyclic amines) is 1. The van der Waals surface area contributed by atoms with Crippen LogP contribution in [0.15, 0.2) is 27.3 Å². The number of hydrogen-bond acceptors (Lipinski definition) is 8. The van der Waals surface area contributed by atoms with Crippen molar-refractivity contribution in [3.63, 3.8) is 0 Å². The number of thiazole rings is 1. The molecule has 0 aromatic carbocycles. The second kappa shape index (κ2) is 6.54. The topological polar surface area (TPSA) is 96.5 Å². The molecular weight excluding hydrogens is 444 g/mol. The van der Waals surface area contributed by atoms with Crippen molar-refractivity contribution in [1.82, 2.24) is 9.88 Å². The number of ether oxygens (including phenoxy) is 1. The lowest BCUT2D eigenvalue weighted by atomic mass is 9.69. The van der Waals surface area contributed by atoms with Crippen LogP contribution < -0.4 is 4.87 Å². The van der Waals surface area contributed by atoms with Gasteiger partial charge in [-0.15, -0.1) is 23.1 Å². The molecule has 2 saturated carbocycles. The highest BCUT2D eigenvalue weighted by molar-refractivity contribution is 8.00. The van der Waals surface area contributed by atoms with E-state index in [1.165, 1.54) is 23.3 Å². The molecule has 0 spiro atoms. The van der Waals surface area contributed by atoms with Gasteiger partial charge in [0.15, 0.2) is 0 Å². The fraction of sp³-hybridized carbons (Fsp3) is 0.500. The Kier molecular flexibility index (Phi) is 4.11. The first kappa shape index (κ1) is 18.8. The van der Waals surface area contributed by atoms with Crippen molar-refractivity contribution in [1.29, 1.82) is 0 Å². The van der Waals surface area contributed by atoms with Gasteiger partial charge in [-0.05, 0) is 35.6 Å². The van der Waals surface area contributed by atoms with E-state index in [0.717, 1.165) is 21.2 Å². The van der Waals surface area contributed by atoms with Gasteiger partial charge in [-0.25, -0.2) is 0 Å². The number of carbonyl (C=O) groups is 3. The number of thiophene rings is 1. The van der Waals surface area contributed by atoms with E-state index in [1.807, 2.05) is 11.4 Å². The minimum Gasteiger partial charge on any atom is -0.468 e. The van der Waals surface area contributed by atoms with Crippen LogP contribution in [-0.2, 0) is 19.1 Å². The zero-order chi connectivity index (χ0) is 20.7. The highest BCUT2D eigenvalue weighted by Crippen LogP contribution is 2.68. The Hall–Kier alpha value is -1.91. The number of carbonyl (C=O) groups excluding carboxylic acids is 3. The molecule has 1 N–H and O–H groups in total. The third-order valence-electron chi connectivity index (χ3n) is 7.18. The van der Waals surface area contributed by atoms with Gasteiger partial charge in [0.25, 0.3) is 0 Å². The zero-order valence-corrected chi connectivity index (χ0v) is 18.4. The molecule has 10 heteroatoms. The molecule has 2 amide bonds. The number of amides is 2. The van der Waals surface area contributed by atoms with Crippen molar-refractivity contribution >= 4 is 52.2 Å². The molecule has 6 rings (SSSR count). The maximum atomic E-state index is 13.2. The van der Waals surface area contributed by atoms with Gasteiger partial charge in [0.05, 0.1) is 24.0 Å². The van der Waals surface area contributed by atoms with Crippen LogP contribution in [0.1, 0.15) is 22.1 Å². The lowest BCUT2D eigenvalue weighted by molar-refractivity contribution is -0.151. The molecule has 2 aliphatic carbocycles. The van der Waals surface area contributed by atoms with Gasteiger partial charge in [-0.3, -0.25) is 24.1 Å². The van der Waals surface area contributed by atoms with Crippen LogP contribution in [-0.4, -0.2) is 46.6 Å². The van der Waals surface area contributed by atoms with E-state index in [0.29, 0.717) is 0 Å². The van der Waals surface area contributed by atoms with Crippen molar-refractivity contribution in [2.24, 2.45) is 29.6 Å². The predicted molar refractivity (Wildman–Crippen MR) is 112 cm³/mol. The number of nitrogens with zero attached hydrogens (tertiary/aromatic N) is 1. The second-order valence-corrected chi connectivity index (χ2v) is 11.5. The number of aromatic nitrogens is 1. The van der Waals surface area contributed by atoms with Gasteiger partial charge in [-0.2, -0.15) is 0 Å². The molecule has 4 heterocycles. The molecule has 156 valence electrons. The average molecular weight is 463 g/mol. The summed E-state index contributed by atoms with van der Waals surface area (Å²) in [5.74, 6) is -1.35. The summed E-state index contributed by atoms with van der Waals surface area (Å²) in [6.45, 7) is -0.307. The van der Waals surface area contributed by atoms with E-state index < -0.39 is 5.97 Å². The number of methoxy groups -OCH3 is 1. The number of rotatable bonds is 3. The molecular formula is C20H18N2O5S3. The number of thioether (sulfide) groups is 1. The molecule has 7 nitrogen and oxygen atoms in total. The molecule has 2 aliphatic heterocycles. The number of nitrogens with one attached hydrogen (secondary N) is 1. The SMILES string of the molecule is COC(=O)CN1C(=O)[C@@H]2[C@H]3C[C@@H]([C@@H]2C1=O)[C@H]1[C@@H](c2cccs2)c2sc(=O)[nH]c2S[C@H]31. The van der Waals surface area contributed by atoms with Gasteiger partial charge < -0.3 is 9.72 Å². The molecule has 1 saturated heterocycles. The highest BCUT2D eigenvalue weighted by atomic mass is 32.2. The third kappa shape index (κ3) is 2.38. The Balaban J connectivity index is 1.42. The highest BCUT2D eigenvalue weighted by Gasteiger charge is 2.69. The normalized spacial score (nSPS) is 36.0. The van der Waals surface area contributed by atoms with Crippen molar-refractivity contribution in [3.05, 3.63) is 36.9 Å². The third-order valence-corrected chi connectivity index (χ3v) is 10.7. The van der Waals surface area contributed by atoms with Crippen LogP contribution in [0.5, 0.6) is 0 Å². The second-order valence-electron chi connectivity index (χ2n) is 8.31. The Morgan fingerprint density at radius 2 is 2.00 bits per heavy atom. The number of esters is 1. The van der Waals surface area contributed by atoms with Crippen LogP contribution in [0.25, 0.3) is 0 Å². The summed E-state index contributed by atoms with van der Waals surface area (Å²) in [6, 6.07) is 4.12. The summed E-state index contributed by atoms with van der Waals surface area (Å²) in [4.78, 5) is 56.5. The van der Waals surface area contributed by atoms with Crippen LogP contribution >= 0.6 is 34.4 Å². The Morgan fingerprint density at radius 3 is 2.70 bits per heavy atom. The molecule has 3 fully saturated rings. The smallest absolute Gasteiger partial charge is 0.325 e. The Morgan fingerprint density at radius 1 is 1.23 bits per heavy atom. The fourth-order valence-electron chi connectivity index (χ4n) is 6.21. The maximum absolute atomic E-state index is 13.2. The quantitative estimate of drug-likeness (QED) is 0.555. The summed E-state index contributed by atoms with van der Waals surface area (Å²) in [6.07, 6.45) is 0.849. The minimum absolute atomic E-state index is 0.0574. The summed E-state index contributed by atoms with van der Waals surface area (Å²) < 4.78 is 4.68. The summed E-state index contributed by atoms with van der Waals surface area (Å²) >= 11 is 4.61. The van der Waals surface area contributed by atoms with E-state index in [2.05, 4.69) is 15.8 Å². The average Bonchev–Trinajstić information content (AvgIpc) is 3.52. The largest absolute Gasteiger partial charge is 0.468 e. The van der Waals surface area contributed by atoms with Crippen molar-refractivity contribution in [2.75, 3.05) is 13.7 Å². The number of fused-ring (bicyclic) bond motifs is 9. The minimum atomic E-state index is -0.577. The molecule has 4 aliphatic rings. The molecule has 2 aromatic rings. The molecule has 0 unspecified atom stereocenters. The Bertz CT molecular complexity index is 1120. The molecule has 30 heavy (non-hydrogen) atoms. The molecule has 2 aromatic heterocycles. The van der Waals surface area contributed by atoms with Gasteiger partial charge in [0.1, 0.15) is 6.54 Å². The van der Waals surface area contributed by atoms with E-state index in [4.69, 9.17) is 0 Å². The summed E-state index contributed by atoms with van der Waals surface area (Å²) in [5, 5.41) is 3.13. The van der Waals surface area contributed by atoms with Gasteiger partial charge in [0, 0.05) is 20.9 Å². The van der Waals surface area contributed by atoms with Gasteiger partial charge >= 0.3 is 10.8 Å². The van der Waals surface area contributed by atoms with Crippen molar-refractivity contribution in [3.8, 4) is 0 Å². The first-order valence-electron chi connectivity index (χ1n) is 9.84. The van der Waals surface area contributed by atoms with Crippen LogP contribution in [0, 0.1) is 29.6 Å². The fourth-order valence-corrected chi connectivity index (χ4v) is 10.1. The standard InChI is InChI=1S/C20H18N2O5S3/c1-27-10(23)6-22-18(24)12-7-5-8(13(12)19(22)25)15-11(7)14(9-3-2-4-28-9)16-17(29-15)21-20(26)30-16/h2-4,7-8,11-15H,5-6H2,1H3,(H,21,26)/t7-,8-,11+,12+,13-,14-,15-/m1/s1. The predicted octanol–water partition coefficient (Wildman–Crippen LogP) is 2.14. The zero-order valence-electron chi connectivity index (χ0n) is 15.9. The monoisotopic (exact) mass is 462 g/mol. The van der Waals surface area contributed by atoms with Crippen molar-refractivity contribution < 1.29 is 19.1 Å². The van der Waals surface area contributed by atoms with Crippen LogP contribution in [0.3, 0.4) is 0 Å². The van der Waals surface area contributed by atoms with Crippen LogP contribution in [0.2, 0.25) is 0 Å². The van der Waals surface area contributed by atoms with E-state index in [9.17, 15) is 19.2 Å². The first-order chi connectivity index (χ1) is 14.5. The first-order valence-corrected chi connectivity index (χ1v) is 12.4. The van der Waals surface area contributed by atoms with E-state index in [-0.39, 0.29) is 64.0 Å². The summed E-state index contributed by atoms with van der Waals surface area (Å²) in [5.41, 5.74) is 0. The van der Waals surface area contributed by atoms with Gasteiger partial charge in [0.2, 0.25) is 11.8 Å². The molecule has 2 bridgehead atoms. The Labute approximate surface area is 183 Å². The van der Waals surface area contributed by atoms with Gasteiger partial charge in [-0.1, -0.05) is 17.4 Å². The maximum Gasteiger partial charge on any atom is 0.325 e. The van der Waals surface area contributed by atoms with Crippen molar-refractivity contribution in [2.45, 2.75) is 22.6 Å². The number of hydrogen-bond donors (Lipinski definition) is 1. The lowest BCUT2D eigenvalue weighted by Gasteiger charge is -2.42. The lowest BCUT2D eigenvalue weighted by Crippen LogP contribution is -2.42. The molecule has 0 radical (unpaired) electrons. The van der Waals surface area contributed by atoms with E-state index >= 15 is 0 Å². The number of H-pyrrole nitrogens is 1. The summed E-state index contributed by atoms with van der Waals surface area (Å²) in [7, 11) is 1.26. The number of aromatic amines is 1. The van der Waals surface area contributed by atoms with Crippen LogP contribution in [0.4, 0.5) is 0 Å². The molecule has 7 atom stereocenters.